The van der Waals surface area contributed by atoms with Crippen molar-refractivity contribution in [1.29, 1.82) is 0 Å². The SMILES string of the molecule is C#CCC1(C#CC)CO1. The van der Waals surface area contributed by atoms with Crippen LogP contribution in [0.5, 0.6) is 0 Å². The Kier molecular flexibility index (Phi) is 1.47. The maximum Gasteiger partial charge on any atom is 0.162 e. The summed E-state index contributed by atoms with van der Waals surface area (Å²) in [6.07, 6.45) is 5.71. The van der Waals surface area contributed by atoms with Gasteiger partial charge >= 0.3 is 0 Å². The Balaban J connectivity index is 2.52. The van der Waals surface area contributed by atoms with Crippen molar-refractivity contribution in [3.63, 3.8) is 0 Å². The maximum absolute atomic E-state index is 5.09. The van der Waals surface area contributed by atoms with Gasteiger partial charge in [-0.05, 0) is 6.92 Å². The molecule has 0 spiro atoms. The Hall–Kier alpha value is -0.920. The van der Waals surface area contributed by atoms with Crippen LogP contribution < -0.4 is 0 Å². The topological polar surface area (TPSA) is 12.5 Å². The van der Waals surface area contributed by atoms with E-state index in [4.69, 9.17) is 11.2 Å². The number of hydrogen-bond acceptors (Lipinski definition) is 1. The van der Waals surface area contributed by atoms with Gasteiger partial charge in [-0.1, -0.05) is 5.92 Å². The zero-order chi connectivity index (χ0) is 6.74. The van der Waals surface area contributed by atoms with Crippen molar-refractivity contribution in [3.05, 3.63) is 0 Å². The first-order chi connectivity index (χ1) is 4.33. The molecule has 0 amide bonds. The zero-order valence-electron chi connectivity index (χ0n) is 5.40. The van der Waals surface area contributed by atoms with Gasteiger partial charge in [-0.2, -0.15) is 0 Å². The number of epoxide rings is 1. The summed E-state index contributed by atoms with van der Waals surface area (Å²) < 4.78 is 5.06. The number of rotatable bonds is 1. The minimum Gasteiger partial charge on any atom is -0.355 e. The molecule has 1 aliphatic rings. The Bertz CT molecular complexity index is 195. The molecule has 1 nitrogen and oxygen atoms in total. The van der Waals surface area contributed by atoms with E-state index < -0.39 is 0 Å². The van der Waals surface area contributed by atoms with Gasteiger partial charge in [0.15, 0.2) is 5.60 Å². The number of terminal acetylenes is 1. The van der Waals surface area contributed by atoms with Crippen molar-refractivity contribution >= 4 is 0 Å². The molecule has 1 unspecified atom stereocenters. The number of ether oxygens (including phenoxy) is 1. The van der Waals surface area contributed by atoms with E-state index in [0.717, 1.165) is 0 Å². The summed E-state index contributed by atoms with van der Waals surface area (Å²) in [4.78, 5) is 0. The monoisotopic (exact) mass is 120 g/mol. The molecule has 0 aromatic carbocycles. The molecule has 1 heterocycles. The van der Waals surface area contributed by atoms with Gasteiger partial charge in [-0.15, -0.1) is 18.3 Å². The van der Waals surface area contributed by atoms with Crippen LogP contribution in [-0.2, 0) is 4.74 Å². The minimum atomic E-state index is -0.247. The number of hydrogen-bond donors (Lipinski definition) is 0. The Morgan fingerprint density at radius 1 is 1.78 bits per heavy atom. The maximum atomic E-state index is 5.09. The molecule has 1 aliphatic heterocycles. The van der Waals surface area contributed by atoms with Crippen LogP contribution in [0.25, 0.3) is 0 Å². The van der Waals surface area contributed by atoms with Crippen molar-refractivity contribution in [2.24, 2.45) is 0 Å². The molecule has 9 heavy (non-hydrogen) atoms. The van der Waals surface area contributed by atoms with Crippen molar-refractivity contribution in [2.45, 2.75) is 18.9 Å². The van der Waals surface area contributed by atoms with Crippen LogP contribution in [0.4, 0.5) is 0 Å². The standard InChI is InChI=1S/C8H8O/c1-3-5-8(6-4-2)7-9-8/h1H,5,7H2,2H3. The average molecular weight is 120 g/mol. The average Bonchev–Trinajstić information content (AvgIpc) is 2.51. The Morgan fingerprint density at radius 3 is 2.78 bits per heavy atom. The van der Waals surface area contributed by atoms with Gasteiger partial charge in [0.25, 0.3) is 0 Å². The lowest BCUT2D eigenvalue weighted by Gasteiger charge is -1.92. The summed E-state index contributed by atoms with van der Waals surface area (Å²) in [6.45, 7) is 2.50. The second kappa shape index (κ2) is 2.13. The molecular weight excluding hydrogens is 112 g/mol. The van der Waals surface area contributed by atoms with Crippen LogP contribution in [-0.4, -0.2) is 12.2 Å². The third-order valence-electron chi connectivity index (χ3n) is 1.23. The van der Waals surface area contributed by atoms with Gasteiger partial charge in [0, 0.05) is 0 Å². The zero-order valence-corrected chi connectivity index (χ0v) is 5.40. The molecule has 1 fully saturated rings. The lowest BCUT2D eigenvalue weighted by atomic mass is 10.1. The van der Waals surface area contributed by atoms with Crippen molar-refractivity contribution in [3.8, 4) is 24.2 Å². The summed E-state index contributed by atoms with van der Waals surface area (Å²) in [5.41, 5.74) is -0.247. The molecule has 1 heteroatoms. The lowest BCUT2D eigenvalue weighted by molar-refractivity contribution is 0.364. The molecule has 0 aromatic rings. The molecule has 46 valence electrons. The molecule has 1 atom stereocenters. The van der Waals surface area contributed by atoms with Gasteiger partial charge in [-0.3, -0.25) is 0 Å². The van der Waals surface area contributed by atoms with Gasteiger partial charge < -0.3 is 4.74 Å². The largest absolute Gasteiger partial charge is 0.355 e. The summed E-state index contributed by atoms with van der Waals surface area (Å²) in [7, 11) is 0. The highest BCUT2D eigenvalue weighted by Crippen LogP contribution is 2.29. The van der Waals surface area contributed by atoms with Gasteiger partial charge in [0.05, 0.1) is 13.0 Å². The highest BCUT2D eigenvalue weighted by atomic mass is 16.6. The first kappa shape index (κ1) is 6.20. The van der Waals surface area contributed by atoms with E-state index in [2.05, 4.69) is 17.8 Å². The summed E-state index contributed by atoms with van der Waals surface area (Å²) in [6, 6.07) is 0. The molecule has 0 bridgehead atoms. The summed E-state index contributed by atoms with van der Waals surface area (Å²) in [5, 5.41) is 0. The quantitative estimate of drug-likeness (QED) is 0.368. The van der Waals surface area contributed by atoms with Crippen molar-refractivity contribution in [1.82, 2.24) is 0 Å². The fourth-order valence-corrected chi connectivity index (χ4v) is 0.698. The fourth-order valence-electron chi connectivity index (χ4n) is 0.698. The van der Waals surface area contributed by atoms with Gasteiger partial charge in [-0.25, -0.2) is 0 Å². The molecule has 0 aromatic heterocycles. The first-order valence-corrected chi connectivity index (χ1v) is 2.84. The van der Waals surface area contributed by atoms with Gasteiger partial charge in [0.1, 0.15) is 0 Å². The van der Waals surface area contributed by atoms with Crippen molar-refractivity contribution in [2.75, 3.05) is 6.61 Å². The van der Waals surface area contributed by atoms with E-state index in [-0.39, 0.29) is 5.60 Å². The molecule has 0 radical (unpaired) electrons. The predicted octanol–water partition coefficient (Wildman–Crippen LogP) is 0.802. The smallest absolute Gasteiger partial charge is 0.162 e. The summed E-state index contributed by atoms with van der Waals surface area (Å²) >= 11 is 0. The minimum absolute atomic E-state index is 0.247. The second-order valence-electron chi connectivity index (χ2n) is 2.04. The predicted molar refractivity (Wildman–Crippen MR) is 35.6 cm³/mol. The van der Waals surface area contributed by atoms with E-state index in [1.54, 1.807) is 6.92 Å². The van der Waals surface area contributed by atoms with Crippen LogP contribution >= 0.6 is 0 Å². The molecular formula is C8H8O. The molecule has 0 aliphatic carbocycles. The van der Waals surface area contributed by atoms with E-state index in [0.29, 0.717) is 13.0 Å². The van der Waals surface area contributed by atoms with Crippen LogP contribution in [0.1, 0.15) is 13.3 Å². The fraction of sp³-hybridized carbons (Fsp3) is 0.500. The van der Waals surface area contributed by atoms with E-state index in [1.165, 1.54) is 0 Å². The Labute approximate surface area is 55.4 Å². The van der Waals surface area contributed by atoms with Crippen LogP contribution in [0.3, 0.4) is 0 Å². The lowest BCUT2D eigenvalue weighted by Crippen LogP contribution is -2.04. The normalized spacial score (nSPS) is 29.8. The highest BCUT2D eigenvalue weighted by Gasteiger charge is 2.42. The van der Waals surface area contributed by atoms with E-state index in [9.17, 15) is 0 Å². The van der Waals surface area contributed by atoms with Crippen LogP contribution in [0.15, 0.2) is 0 Å². The van der Waals surface area contributed by atoms with E-state index in [1.807, 2.05) is 0 Å². The van der Waals surface area contributed by atoms with Crippen LogP contribution in [0, 0.1) is 24.2 Å². The Morgan fingerprint density at radius 2 is 2.44 bits per heavy atom. The third kappa shape index (κ3) is 1.25. The summed E-state index contributed by atoms with van der Waals surface area (Å²) in [5.74, 6) is 8.23. The molecule has 1 saturated heterocycles. The third-order valence-corrected chi connectivity index (χ3v) is 1.23. The second-order valence-corrected chi connectivity index (χ2v) is 2.04. The molecule has 0 N–H and O–H groups in total. The van der Waals surface area contributed by atoms with Crippen molar-refractivity contribution < 1.29 is 4.74 Å². The molecule has 0 saturated carbocycles. The highest BCUT2D eigenvalue weighted by molar-refractivity contribution is 5.23. The first-order valence-electron chi connectivity index (χ1n) is 2.84. The molecule has 1 rings (SSSR count). The van der Waals surface area contributed by atoms with Gasteiger partial charge in [0.2, 0.25) is 0 Å². The van der Waals surface area contributed by atoms with Crippen LogP contribution in [0.2, 0.25) is 0 Å². The van der Waals surface area contributed by atoms with E-state index >= 15 is 0 Å².